The first-order valence-electron chi connectivity index (χ1n) is 12.9. The van der Waals surface area contributed by atoms with E-state index in [1.165, 1.54) is 27.7 Å². The van der Waals surface area contributed by atoms with Crippen molar-refractivity contribution in [2.24, 2.45) is 0 Å². The lowest BCUT2D eigenvalue weighted by molar-refractivity contribution is -0.0672. The average Bonchev–Trinajstić information content (AvgIpc) is 3.73. The van der Waals surface area contributed by atoms with Gasteiger partial charge >= 0.3 is 15.6 Å². The van der Waals surface area contributed by atoms with E-state index >= 15 is 0 Å². The molecule has 4 aromatic heterocycles. The van der Waals surface area contributed by atoms with Crippen LogP contribution < -0.4 is 11.3 Å². The van der Waals surface area contributed by atoms with Gasteiger partial charge in [-0.3, -0.25) is 32.0 Å². The molecule has 0 aliphatic carbocycles. The Morgan fingerprint density at radius 1 is 0.841 bits per heavy atom. The number of aliphatic hydroxyl groups excluding tert-OH is 2. The number of H-pyrrole nitrogens is 1. The number of aromatic amines is 1. The number of aromatic nitrogens is 7. The van der Waals surface area contributed by atoms with Crippen LogP contribution in [0.15, 0.2) is 36.0 Å². The largest absolute Gasteiger partial charge is 0.472 e. The lowest BCUT2D eigenvalue weighted by Crippen LogP contribution is -2.36. The first kappa shape index (κ1) is 29.5. The minimum absolute atomic E-state index is 0.0161. The Kier molecular flexibility index (Phi) is 7.20. The summed E-state index contributed by atoms with van der Waals surface area (Å²) in [5, 5.41) is 22.1. The van der Waals surface area contributed by atoms with Crippen molar-refractivity contribution in [1.29, 1.82) is 0 Å². The number of rotatable bonds is 2. The van der Waals surface area contributed by atoms with Crippen LogP contribution in [0.25, 0.3) is 22.3 Å². The highest BCUT2D eigenvalue weighted by molar-refractivity contribution is 7.47. The van der Waals surface area contributed by atoms with Crippen LogP contribution in [0.4, 0.5) is 5.69 Å². The van der Waals surface area contributed by atoms with Gasteiger partial charge in [0.2, 0.25) is 0 Å². The number of nitrogen functional groups attached to an aromatic ring is 1. The molecule has 2 bridgehead atoms. The third-order valence-electron chi connectivity index (χ3n) is 7.34. The molecule has 0 amide bonds. The summed E-state index contributed by atoms with van der Waals surface area (Å²) in [6.07, 6.45) is -7.44. The molecular formula is C21H24N8O13P2. The average molecular weight is 658 g/mol. The monoisotopic (exact) mass is 658 g/mol. The van der Waals surface area contributed by atoms with Gasteiger partial charge in [-0.1, -0.05) is 0 Å². The fourth-order valence-electron chi connectivity index (χ4n) is 5.30. The summed E-state index contributed by atoms with van der Waals surface area (Å²) < 4.78 is 61.2. The minimum atomic E-state index is -5.07. The van der Waals surface area contributed by atoms with Gasteiger partial charge in [0.25, 0.3) is 5.56 Å². The van der Waals surface area contributed by atoms with E-state index in [0.717, 1.165) is 12.7 Å². The summed E-state index contributed by atoms with van der Waals surface area (Å²) in [5.74, 6) is 0. The number of nitrogens with one attached hydrogen (secondary N) is 1. The van der Waals surface area contributed by atoms with Crippen molar-refractivity contribution in [2.45, 2.75) is 49.1 Å². The van der Waals surface area contributed by atoms with E-state index in [2.05, 4.69) is 24.9 Å². The lowest BCUT2D eigenvalue weighted by Gasteiger charge is -2.25. The Balaban J connectivity index is 1.20. The van der Waals surface area contributed by atoms with Crippen LogP contribution in [0, 0.1) is 0 Å². The van der Waals surface area contributed by atoms with Gasteiger partial charge in [0.1, 0.15) is 42.1 Å². The number of fused-ring (bicyclic) bond motifs is 5. The summed E-state index contributed by atoms with van der Waals surface area (Å²) >= 11 is 0. The Morgan fingerprint density at radius 2 is 1.45 bits per heavy atom. The number of ether oxygens (including phenoxy) is 2. The fourth-order valence-corrected chi connectivity index (χ4v) is 7.20. The second-order valence-electron chi connectivity index (χ2n) is 10.1. The van der Waals surface area contributed by atoms with Crippen LogP contribution in [-0.2, 0) is 36.7 Å². The molecule has 7 N–H and O–H groups in total. The van der Waals surface area contributed by atoms with Gasteiger partial charge in [0.15, 0.2) is 29.3 Å². The molecule has 0 radical (unpaired) electrons. The van der Waals surface area contributed by atoms with Crippen LogP contribution in [0.1, 0.15) is 12.5 Å². The molecule has 236 valence electrons. The van der Waals surface area contributed by atoms with Crippen molar-refractivity contribution < 1.29 is 56.7 Å². The summed E-state index contributed by atoms with van der Waals surface area (Å²) in [6.45, 7) is -1.59. The summed E-state index contributed by atoms with van der Waals surface area (Å²) in [6, 6.07) is 1.51. The molecule has 10 atom stereocenters. The molecule has 7 rings (SSSR count). The smallest absolute Gasteiger partial charge is 0.397 e. The molecule has 3 fully saturated rings. The molecule has 0 aromatic carbocycles. The molecule has 44 heavy (non-hydrogen) atoms. The van der Waals surface area contributed by atoms with Crippen LogP contribution in [0.5, 0.6) is 0 Å². The van der Waals surface area contributed by atoms with Crippen LogP contribution >= 0.6 is 15.6 Å². The van der Waals surface area contributed by atoms with Gasteiger partial charge < -0.3 is 40.2 Å². The number of hydrogen-bond donors (Lipinski definition) is 6. The van der Waals surface area contributed by atoms with E-state index in [0.29, 0.717) is 11.2 Å². The molecule has 7 heterocycles. The van der Waals surface area contributed by atoms with Crippen molar-refractivity contribution in [1.82, 2.24) is 34.1 Å². The number of pyridine rings is 1. The second kappa shape index (κ2) is 10.7. The predicted molar refractivity (Wildman–Crippen MR) is 141 cm³/mol. The number of hydrogen-bond acceptors (Lipinski definition) is 16. The number of phosphoric acid groups is 2. The van der Waals surface area contributed by atoms with Crippen molar-refractivity contribution >= 4 is 43.7 Å². The van der Waals surface area contributed by atoms with Gasteiger partial charge in [-0.05, 0) is 6.07 Å². The predicted octanol–water partition coefficient (Wildman–Crippen LogP) is -1.32. The van der Waals surface area contributed by atoms with Crippen molar-refractivity contribution in [3.05, 3.63) is 41.6 Å². The molecule has 0 saturated carbocycles. The van der Waals surface area contributed by atoms with Crippen molar-refractivity contribution in [3.63, 3.8) is 0 Å². The lowest BCUT2D eigenvalue weighted by atomic mass is 10.1. The minimum Gasteiger partial charge on any atom is -0.397 e. The zero-order chi connectivity index (χ0) is 31.0. The normalized spacial score (nSPS) is 38.3. The molecule has 3 aliphatic heterocycles. The van der Waals surface area contributed by atoms with Crippen molar-refractivity contribution in [2.75, 3.05) is 18.9 Å². The van der Waals surface area contributed by atoms with Crippen molar-refractivity contribution in [3.8, 4) is 0 Å². The number of anilines is 1. The van der Waals surface area contributed by atoms with E-state index in [4.69, 9.17) is 33.3 Å². The number of imidazole rings is 2. The van der Waals surface area contributed by atoms with Crippen LogP contribution in [0.3, 0.4) is 0 Å². The third kappa shape index (κ3) is 5.06. The third-order valence-corrected chi connectivity index (χ3v) is 9.31. The van der Waals surface area contributed by atoms with Gasteiger partial charge in [0.05, 0.1) is 37.9 Å². The molecule has 23 heteroatoms. The highest BCUT2D eigenvalue weighted by Gasteiger charge is 2.54. The summed E-state index contributed by atoms with van der Waals surface area (Å²) in [4.78, 5) is 52.1. The summed E-state index contributed by atoms with van der Waals surface area (Å²) in [7, 11) is -10.1. The maximum atomic E-state index is 13.2. The second-order valence-corrected chi connectivity index (χ2v) is 12.9. The topological polar surface area (TPSA) is 291 Å². The van der Waals surface area contributed by atoms with E-state index in [9.17, 15) is 33.9 Å². The first-order chi connectivity index (χ1) is 20.9. The van der Waals surface area contributed by atoms with E-state index in [-0.39, 0.29) is 16.8 Å². The molecule has 2 unspecified atom stereocenters. The number of nitrogens with two attached hydrogens (primary N) is 1. The quantitative estimate of drug-likeness (QED) is 0.136. The fraction of sp³-hybridized carbons (Fsp3) is 0.476. The standard InChI is InChI=1S/C21H24N8O13P2/c22-8-1-2-23-17-11(8)26-6-28(17)20-14(31)15-10(40-20)4-38-44(35,36)42-16-13(30)9(3-37-43(33,34)41-15)39-21(16)29-7-27-12-18(29)24-5-25-19(12)32/h1-2,5-7,9-10,13-16,20-21,30-31H,3-4H2,(H2,22,23)(H,33,34)(H,35,36)(H,24,25,32)/t9-,10-,13-,14-,15-,16-,20-,21-/m1/s1. The van der Waals surface area contributed by atoms with Crippen LogP contribution in [0.2, 0.25) is 0 Å². The van der Waals surface area contributed by atoms with E-state index < -0.39 is 83.5 Å². The molecule has 21 nitrogen and oxygen atoms in total. The number of nitrogens with zero attached hydrogens (tertiary/aromatic N) is 6. The van der Waals surface area contributed by atoms with Gasteiger partial charge in [-0.15, -0.1) is 0 Å². The maximum Gasteiger partial charge on any atom is 0.472 e. The zero-order valence-corrected chi connectivity index (χ0v) is 23.8. The Hall–Kier alpha value is -3.17. The highest BCUT2D eigenvalue weighted by atomic mass is 31.2. The number of aliphatic hydroxyl groups is 2. The number of phosphoric ester groups is 2. The molecular weight excluding hydrogens is 634 g/mol. The first-order valence-corrected chi connectivity index (χ1v) is 15.9. The SMILES string of the molecule is Nc1ccnc2c1ncn2[C@@H]1O[C@@H]2COP(=O)(O)O[C@@H]3[C@H](O)[C@@H](COP(=O)(O)O[C@H]2[C@H]1O)O[C@H]3n1cnc2c(=O)[nH]cnc21. The van der Waals surface area contributed by atoms with Gasteiger partial charge in [0, 0.05) is 6.20 Å². The molecule has 4 aromatic rings. The Morgan fingerprint density at radius 3 is 2.20 bits per heavy atom. The molecule has 0 spiro atoms. The van der Waals surface area contributed by atoms with E-state index in [1.54, 1.807) is 0 Å². The summed E-state index contributed by atoms with van der Waals surface area (Å²) in [5.41, 5.74) is 6.03. The Bertz CT molecular complexity index is 1880. The maximum absolute atomic E-state index is 13.2. The molecule has 3 saturated heterocycles. The zero-order valence-electron chi connectivity index (χ0n) is 22.0. The highest BCUT2D eigenvalue weighted by Crippen LogP contribution is 2.53. The van der Waals surface area contributed by atoms with Gasteiger partial charge in [-0.2, -0.15) is 0 Å². The Labute approximate surface area is 244 Å². The van der Waals surface area contributed by atoms with Gasteiger partial charge in [-0.25, -0.2) is 29.1 Å². The molecule has 3 aliphatic rings. The van der Waals surface area contributed by atoms with E-state index in [1.807, 2.05) is 0 Å². The van der Waals surface area contributed by atoms with Crippen LogP contribution in [-0.4, -0.2) is 104 Å².